The number of nitrogens with zero attached hydrogens (tertiary/aromatic N) is 1. The Bertz CT molecular complexity index is 491. The zero-order chi connectivity index (χ0) is 15.4. The number of ether oxygens (including phenoxy) is 2. The van der Waals surface area contributed by atoms with E-state index in [1.807, 2.05) is 12.1 Å². The van der Waals surface area contributed by atoms with E-state index in [4.69, 9.17) is 21.1 Å². The highest BCUT2D eigenvalue weighted by Gasteiger charge is 2.20. The molecular formula is C17H24ClNO3. The third kappa shape index (κ3) is 4.43. The molecule has 1 aromatic carbocycles. The molecule has 2 heterocycles. The van der Waals surface area contributed by atoms with Gasteiger partial charge in [0.05, 0.1) is 18.8 Å². The number of rotatable bonds is 5. The Balaban J connectivity index is 1.45. The minimum absolute atomic E-state index is 0.240. The molecule has 122 valence electrons. The Kier molecular flexibility index (Phi) is 5.71. The summed E-state index contributed by atoms with van der Waals surface area (Å²) in [6.07, 6.45) is 2.68. The van der Waals surface area contributed by atoms with Crippen molar-refractivity contribution in [2.75, 3.05) is 32.9 Å². The van der Waals surface area contributed by atoms with Crippen molar-refractivity contribution in [2.24, 2.45) is 0 Å². The van der Waals surface area contributed by atoms with E-state index in [1.54, 1.807) is 0 Å². The first kappa shape index (κ1) is 16.2. The molecule has 22 heavy (non-hydrogen) atoms. The maximum atomic E-state index is 10.2. The summed E-state index contributed by atoms with van der Waals surface area (Å²) >= 11 is 6.07. The molecule has 1 saturated heterocycles. The van der Waals surface area contributed by atoms with Crippen LogP contribution in [-0.2, 0) is 22.4 Å². The minimum atomic E-state index is -0.441. The molecule has 0 saturated carbocycles. The zero-order valence-electron chi connectivity index (χ0n) is 12.8. The van der Waals surface area contributed by atoms with Gasteiger partial charge in [-0.05, 0) is 42.5 Å². The molecule has 1 N–H and O–H groups in total. The van der Waals surface area contributed by atoms with Gasteiger partial charge >= 0.3 is 0 Å². The number of hydrogen-bond donors (Lipinski definition) is 1. The maximum Gasteiger partial charge on any atom is 0.0900 e. The van der Waals surface area contributed by atoms with Crippen LogP contribution < -0.4 is 0 Å². The lowest BCUT2D eigenvalue weighted by Crippen LogP contribution is -2.39. The molecule has 2 aliphatic heterocycles. The highest BCUT2D eigenvalue weighted by molar-refractivity contribution is 6.30. The van der Waals surface area contributed by atoms with Crippen molar-refractivity contribution >= 4 is 11.6 Å². The fourth-order valence-electron chi connectivity index (χ4n) is 3.18. The number of hydrogen-bond acceptors (Lipinski definition) is 4. The SMILES string of the molecule is OC(COC1CCOCC1)CN1CCc2ccc(Cl)cc2C1. The molecule has 1 fully saturated rings. The van der Waals surface area contributed by atoms with Gasteiger partial charge in [0.1, 0.15) is 0 Å². The third-order valence-electron chi connectivity index (χ3n) is 4.42. The monoisotopic (exact) mass is 325 g/mol. The molecule has 0 aromatic heterocycles. The number of benzene rings is 1. The summed E-state index contributed by atoms with van der Waals surface area (Å²) in [6.45, 7) is 4.42. The van der Waals surface area contributed by atoms with E-state index in [9.17, 15) is 5.11 Å². The maximum absolute atomic E-state index is 10.2. The summed E-state index contributed by atoms with van der Waals surface area (Å²) < 4.78 is 11.1. The predicted molar refractivity (Wildman–Crippen MR) is 86.2 cm³/mol. The molecule has 0 bridgehead atoms. The highest BCUT2D eigenvalue weighted by Crippen LogP contribution is 2.22. The van der Waals surface area contributed by atoms with Crippen LogP contribution >= 0.6 is 11.6 Å². The van der Waals surface area contributed by atoms with Gasteiger partial charge in [-0.15, -0.1) is 0 Å². The number of fused-ring (bicyclic) bond motifs is 1. The van der Waals surface area contributed by atoms with Crippen molar-refractivity contribution < 1.29 is 14.6 Å². The van der Waals surface area contributed by atoms with Gasteiger partial charge in [-0.2, -0.15) is 0 Å². The van der Waals surface area contributed by atoms with Gasteiger partial charge in [-0.1, -0.05) is 17.7 Å². The lowest BCUT2D eigenvalue weighted by molar-refractivity contribution is -0.0647. The zero-order valence-corrected chi connectivity index (χ0v) is 13.6. The second-order valence-electron chi connectivity index (χ2n) is 6.20. The van der Waals surface area contributed by atoms with Crippen LogP contribution in [0.4, 0.5) is 0 Å². The number of aliphatic hydroxyl groups excluding tert-OH is 1. The van der Waals surface area contributed by atoms with Gasteiger partial charge in [0.25, 0.3) is 0 Å². The second kappa shape index (κ2) is 7.75. The first-order valence-electron chi connectivity index (χ1n) is 8.08. The molecule has 2 aliphatic rings. The van der Waals surface area contributed by atoms with E-state index in [0.29, 0.717) is 13.2 Å². The molecule has 0 amide bonds. The fourth-order valence-corrected chi connectivity index (χ4v) is 3.38. The number of β-amino-alcohol motifs (C(OH)–C–C–N with tert-alkyl or cyclic N) is 1. The van der Waals surface area contributed by atoms with Crippen LogP contribution in [0.5, 0.6) is 0 Å². The first-order chi connectivity index (χ1) is 10.7. The molecule has 1 unspecified atom stereocenters. The van der Waals surface area contributed by atoms with E-state index in [0.717, 1.165) is 50.6 Å². The Hall–Kier alpha value is -0.650. The minimum Gasteiger partial charge on any atom is -0.389 e. The van der Waals surface area contributed by atoms with Crippen molar-refractivity contribution in [3.8, 4) is 0 Å². The fraction of sp³-hybridized carbons (Fsp3) is 0.647. The lowest BCUT2D eigenvalue weighted by atomic mass is 10.00. The normalized spacial score (nSPS) is 21.5. The summed E-state index contributed by atoms with van der Waals surface area (Å²) in [4.78, 5) is 2.27. The Morgan fingerprint density at radius 2 is 2.14 bits per heavy atom. The van der Waals surface area contributed by atoms with Gasteiger partial charge in [0.15, 0.2) is 0 Å². The summed E-state index contributed by atoms with van der Waals surface area (Å²) in [6, 6.07) is 6.10. The Labute approximate surface area is 137 Å². The molecule has 4 nitrogen and oxygen atoms in total. The van der Waals surface area contributed by atoms with E-state index < -0.39 is 6.10 Å². The topological polar surface area (TPSA) is 41.9 Å². The van der Waals surface area contributed by atoms with Gasteiger partial charge in [0, 0.05) is 37.9 Å². The molecule has 3 rings (SSSR count). The second-order valence-corrected chi connectivity index (χ2v) is 6.63. The van der Waals surface area contributed by atoms with Crippen molar-refractivity contribution in [3.05, 3.63) is 34.3 Å². The molecule has 0 radical (unpaired) electrons. The van der Waals surface area contributed by atoms with Crippen LogP contribution in [0.2, 0.25) is 5.02 Å². The Morgan fingerprint density at radius 3 is 2.95 bits per heavy atom. The summed E-state index contributed by atoms with van der Waals surface area (Å²) in [5.74, 6) is 0. The molecule has 1 aromatic rings. The molecule has 0 spiro atoms. The largest absolute Gasteiger partial charge is 0.389 e. The van der Waals surface area contributed by atoms with Crippen molar-refractivity contribution in [3.63, 3.8) is 0 Å². The first-order valence-corrected chi connectivity index (χ1v) is 8.45. The van der Waals surface area contributed by atoms with Crippen LogP contribution in [-0.4, -0.2) is 55.1 Å². The summed E-state index contributed by atoms with van der Waals surface area (Å²) in [5, 5.41) is 11.0. The van der Waals surface area contributed by atoms with Crippen LogP contribution in [0.15, 0.2) is 18.2 Å². The van der Waals surface area contributed by atoms with Gasteiger partial charge in [-0.25, -0.2) is 0 Å². The van der Waals surface area contributed by atoms with Crippen LogP contribution in [0.25, 0.3) is 0 Å². The van der Waals surface area contributed by atoms with Crippen molar-refractivity contribution in [2.45, 2.75) is 38.0 Å². The average molecular weight is 326 g/mol. The summed E-state index contributed by atoms with van der Waals surface area (Å²) in [7, 11) is 0. The molecule has 1 atom stereocenters. The predicted octanol–water partition coefficient (Wildman–Crippen LogP) is 2.25. The standard InChI is InChI=1S/C17H24ClNO3/c18-15-2-1-13-3-6-19(10-14(13)9-15)11-16(20)12-22-17-4-7-21-8-5-17/h1-2,9,16-17,20H,3-8,10-12H2. The van der Waals surface area contributed by atoms with Crippen molar-refractivity contribution in [1.82, 2.24) is 4.90 Å². The highest BCUT2D eigenvalue weighted by atomic mass is 35.5. The van der Waals surface area contributed by atoms with Crippen LogP contribution in [0, 0.1) is 0 Å². The quantitative estimate of drug-likeness (QED) is 0.901. The average Bonchev–Trinajstić information content (AvgIpc) is 2.53. The summed E-state index contributed by atoms with van der Waals surface area (Å²) in [5.41, 5.74) is 2.64. The lowest BCUT2D eigenvalue weighted by Gasteiger charge is -2.31. The van der Waals surface area contributed by atoms with Crippen LogP contribution in [0.3, 0.4) is 0 Å². The smallest absolute Gasteiger partial charge is 0.0900 e. The van der Waals surface area contributed by atoms with Crippen molar-refractivity contribution in [1.29, 1.82) is 0 Å². The van der Waals surface area contributed by atoms with Gasteiger partial charge < -0.3 is 14.6 Å². The van der Waals surface area contributed by atoms with Crippen LogP contribution in [0.1, 0.15) is 24.0 Å². The van der Waals surface area contributed by atoms with E-state index in [2.05, 4.69) is 11.0 Å². The Morgan fingerprint density at radius 1 is 1.32 bits per heavy atom. The molecule has 5 heteroatoms. The molecular weight excluding hydrogens is 302 g/mol. The van der Waals surface area contributed by atoms with Gasteiger partial charge in [-0.3, -0.25) is 4.90 Å². The number of halogens is 1. The third-order valence-corrected chi connectivity index (χ3v) is 4.66. The number of aliphatic hydroxyl groups is 1. The van der Waals surface area contributed by atoms with Gasteiger partial charge in [0.2, 0.25) is 0 Å². The van der Waals surface area contributed by atoms with E-state index in [1.165, 1.54) is 11.1 Å². The molecule has 0 aliphatic carbocycles. The van der Waals surface area contributed by atoms with E-state index in [-0.39, 0.29) is 6.10 Å². The van der Waals surface area contributed by atoms with E-state index >= 15 is 0 Å².